The lowest BCUT2D eigenvalue weighted by molar-refractivity contribution is 0.125. The fourth-order valence-corrected chi connectivity index (χ4v) is 3.67. The average molecular weight is 343 g/mol. The van der Waals surface area contributed by atoms with Crippen molar-refractivity contribution in [2.24, 2.45) is 11.8 Å². The Labute approximate surface area is 153 Å². The number of aliphatic hydroxyl groups is 2. The average Bonchev–Trinajstić information content (AvgIpc) is 2.99. The third kappa shape index (κ3) is 7.17. The number of rotatable bonds is 10. The van der Waals surface area contributed by atoms with Crippen molar-refractivity contribution in [1.82, 2.24) is 0 Å². The monoisotopic (exact) mass is 342 g/mol. The second kappa shape index (κ2) is 11.3. The predicted octanol–water partition coefficient (Wildman–Crippen LogP) is 5.06. The molecule has 1 fully saturated rings. The van der Waals surface area contributed by atoms with Crippen molar-refractivity contribution in [3.63, 3.8) is 0 Å². The van der Waals surface area contributed by atoms with Crippen LogP contribution in [0.1, 0.15) is 57.4 Å². The Hall–Kier alpha value is -1.38. The van der Waals surface area contributed by atoms with Gasteiger partial charge >= 0.3 is 0 Å². The van der Waals surface area contributed by atoms with E-state index >= 15 is 0 Å². The molecule has 0 aliphatic heterocycles. The quantitative estimate of drug-likeness (QED) is 0.461. The van der Waals surface area contributed by atoms with Crippen LogP contribution in [-0.2, 0) is 6.42 Å². The largest absolute Gasteiger partial charge is 0.393 e. The topological polar surface area (TPSA) is 40.5 Å². The van der Waals surface area contributed by atoms with E-state index in [1.807, 2.05) is 24.3 Å². The van der Waals surface area contributed by atoms with Crippen molar-refractivity contribution in [1.29, 1.82) is 0 Å². The first kappa shape index (κ1) is 19.9. The van der Waals surface area contributed by atoms with E-state index in [0.717, 1.165) is 38.5 Å². The molecule has 138 valence electrons. The second-order valence-corrected chi connectivity index (χ2v) is 7.30. The molecule has 25 heavy (non-hydrogen) atoms. The van der Waals surface area contributed by atoms with Crippen LogP contribution in [-0.4, -0.2) is 22.4 Å². The molecule has 0 amide bonds. The molecule has 0 bridgehead atoms. The third-order valence-corrected chi connectivity index (χ3v) is 5.29. The molecule has 0 radical (unpaired) electrons. The molecule has 2 heteroatoms. The Morgan fingerprint density at radius 2 is 1.96 bits per heavy atom. The van der Waals surface area contributed by atoms with Gasteiger partial charge in [-0.3, -0.25) is 0 Å². The van der Waals surface area contributed by atoms with Gasteiger partial charge in [0.1, 0.15) is 0 Å². The van der Waals surface area contributed by atoms with Gasteiger partial charge < -0.3 is 10.2 Å². The fraction of sp³-hybridized carbons (Fsp3) is 0.565. The van der Waals surface area contributed by atoms with E-state index in [0.29, 0.717) is 11.8 Å². The summed E-state index contributed by atoms with van der Waals surface area (Å²) in [5.41, 5.74) is 1.27. The number of aryl methyl sites for hydroxylation is 1. The summed E-state index contributed by atoms with van der Waals surface area (Å²) in [6, 6.07) is 10.3. The van der Waals surface area contributed by atoms with Gasteiger partial charge in [0.2, 0.25) is 0 Å². The Balaban J connectivity index is 1.78. The molecule has 0 heterocycles. The molecule has 1 aromatic carbocycles. The van der Waals surface area contributed by atoms with E-state index in [-0.39, 0.29) is 6.10 Å². The number of hydrogen-bond acceptors (Lipinski definition) is 2. The summed E-state index contributed by atoms with van der Waals surface area (Å²) in [5, 5.41) is 20.5. The van der Waals surface area contributed by atoms with Crippen molar-refractivity contribution >= 4 is 0 Å². The minimum Gasteiger partial charge on any atom is -0.393 e. The number of aliphatic hydroxyl groups excluding tert-OH is 2. The first-order valence-corrected chi connectivity index (χ1v) is 9.94. The van der Waals surface area contributed by atoms with Crippen LogP contribution in [0, 0.1) is 11.8 Å². The zero-order valence-electron chi connectivity index (χ0n) is 15.6. The van der Waals surface area contributed by atoms with Crippen molar-refractivity contribution in [3.05, 3.63) is 60.2 Å². The minimum atomic E-state index is -0.404. The van der Waals surface area contributed by atoms with Crippen LogP contribution in [0.25, 0.3) is 0 Å². The Bertz CT molecular complexity index is 520. The highest BCUT2D eigenvalue weighted by molar-refractivity contribution is 5.15. The summed E-state index contributed by atoms with van der Waals surface area (Å²) in [6.45, 7) is 2.21. The van der Waals surface area contributed by atoms with Gasteiger partial charge in [-0.05, 0) is 55.9 Å². The molecule has 2 N–H and O–H groups in total. The summed E-state index contributed by atoms with van der Waals surface area (Å²) in [4.78, 5) is 0. The van der Waals surface area contributed by atoms with Crippen LogP contribution in [0.5, 0.6) is 0 Å². The normalized spacial score (nSPS) is 25.2. The maximum Gasteiger partial charge on any atom is 0.0724 e. The fourth-order valence-electron chi connectivity index (χ4n) is 3.67. The summed E-state index contributed by atoms with van der Waals surface area (Å²) >= 11 is 0. The maximum atomic E-state index is 10.2. The van der Waals surface area contributed by atoms with Gasteiger partial charge in [-0.1, -0.05) is 74.4 Å². The molecule has 1 aliphatic rings. The molecule has 0 aromatic heterocycles. The van der Waals surface area contributed by atoms with E-state index in [9.17, 15) is 10.2 Å². The third-order valence-electron chi connectivity index (χ3n) is 5.29. The van der Waals surface area contributed by atoms with Gasteiger partial charge in [-0.2, -0.15) is 0 Å². The number of hydrogen-bond donors (Lipinski definition) is 2. The number of allylic oxidation sites excluding steroid dienone is 3. The summed E-state index contributed by atoms with van der Waals surface area (Å²) in [5.74, 6) is 0.688. The lowest BCUT2D eigenvalue weighted by Crippen LogP contribution is -2.17. The van der Waals surface area contributed by atoms with E-state index in [4.69, 9.17) is 0 Å². The van der Waals surface area contributed by atoms with Gasteiger partial charge in [0.05, 0.1) is 12.2 Å². The summed E-state index contributed by atoms with van der Waals surface area (Å²) in [6.07, 6.45) is 16.1. The van der Waals surface area contributed by atoms with Gasteiger partial charge in [0.25, 0.3) is 0 Å². The molecular weight excluding hydrogens is 308 g/mol. The molecule has 1 aliphatic carbocycles. The zero-order valence-corrected chi connectivity index (χ0v) is 15.6. The van der Waals surface area contributed by atoms with Gasteiger partial charge in [-0.15, -0.1) is 0 Å². The van der Waals surface area contributed by atoms with Crippen LogP contribution in [0.2, 0.25) is 0 Å². The van der Waals surface area contributed by atoms with Crippen molar-refractivity contribution in [3.8, 4) is 0 Å². The van der Waals surface area contributed by atoms with Crippen LogP contribution < -0.4 is 0 Å². The van der Waals surface area contributed by atoms with E-state index < -0.39 is 6.10 Å². The van der Waals surface area contributed by atoms with Gasteiger partial charge in [-0.25, -0.2) is 0 Å². The molecule has 1 aromatic rings. The molecule has 1 saturated carbocycles. The Morgan fingerprint density at radius 1 is 1.16 bits per heavy atom. The molecule has 2 rings (SSSR count). The highest BCUT2D eigenvalue weighted by Crippen LogP contribution is 2.36. The standard InChI is InChI=1S/C23H34O2/c1-2-3-4-5-9-12-22-20(15-18-23(22)25)14-17-21(24)16-13-19-10-7-6-8-11-19/h5-11,14,17,20-25H,2-4,12-13,15-16,18H2,1H3/b9-5-,17-14+/t20-,21-,22+,23-/m0/s1. The van der Waals surface area contributed by atoms with E-state index in [2.05, 4.69) is 37.3 Å². The maximum absolute atomic E-state index is 10.2. The molecule has 4 atom stereocenters. The molecule has 0 spiro atoms. The SMILES string of the molecule is CCCC/C=C\C[C@H]1[C@@H](O)CC[C@@H]1/C=C/[C@@H](O)CCc1ccccc1. The Kier molecular flexibility index (Phi) is 8.99. The lowest BCUT2D eigenvalue weighted by Gasteiger charge is -2.18. The van der Waals surface area contributed by atoms with Crippen molar-refractivity contribution in [2.75, 3.05) is 0 Å². The summed E-state index contributed by atoms with van der Waals surface area (Å²) < 4.78 is 0. The molecule has 0 unspecified atom stereocenters. The number of unbranched alkanes of at least 4 members (excludes halogenated alkanes) is 2. The molecular formula is C23H34O2. The smallest absolute Gasteiger partial charge is 0.0724 e. The van der Waals surface area contributed by atoms with Gasteiger partial charge in [0, 0.05) is 0 Å². The first-order chi connectivity index (χ1) is 12.2. The van der Waals surface area contributed by atoms with Crippen LogP contribution in [0.3, 0.4) is 0 Å². The van der Waals surface area contributed by atoms with Crippen LogP contribution in [0.4, 0.5) is 0 Å². The van der Waals surface area contributed by atoms with Crippen LogP contribution >= 0.6 is 0 Å². The van der Waals surface area contributed by atoms with Crippen LogP contribution in [0.15, 0.2) is 54.6 Å². The Morgan fingerprint density at radius 3 is 2.72 bits per heavy atom. The van der Waals surface area contributed by atoms with Crippen molar-refractivity contribution < 1.29 is 10.2 Å². The highest BCUT2D eigenvalue weighted by atomic mass is 16.3. The van der Waals surface area contributed by atoms with E-state index in [1.54, 1.807) is 0 Å². The van der Waals surface area contributed by atoms with E-state index in [1.165, 1.54) is 18.4 Å². The minimum absolute atomic E-state index is 0.202. The number of benzene rings is 1. The first-order valence-electron chi connectivity index (χ1n) is 9.94. The predicted molar refractivity (Wildman–Crippen MR) is 105 cm³/mol. The zero-order chi connectivity index (χ0) is 17.9. The summed E-state index contributed by atoms with van der Waals surface area (Å²) in [7, 11) is 0. The van der Waals surface area contributed by atoms with Crippen molar-refractivity contribution in [2.45, 2.75) is 70.5 Å². The van der Waals surface area contributed by atoms with Gasteiger partial charge in [0.15, 0.2) is 0 Å². The highest BCUT2D eigenvalue weighted by Gasteiger charge is 2.32. The second-order valence-electron chi connectivity index (χ2n) is 7.30. The molecule has 0 saturated heterocycles. The lowest BCUT2D eigenvalue weighted by atomic mass is 9.90. The molecule has 2 nitrogen and oxygen atoms in total.